The molecule has 0 aliphatic heterocycles. The smallest absolute Gasteiger partial charge is 0.480 e. The Hall–Kier alpha value is -4.13. The van der Waals surface area contributed by atoms with Gasteiger partial charge in [0.05, 0.1) is 26.4 Å². The molecule has 236 valence electrons. The zero-order valence-electron chi connectivity index (χ0n) is 24.2. The molecule has 0 heterocycles. The molecule has 0 spiro atoms. The second kappa shape index (κ2) is 19.1. The van der Waals surface area contributed by atoms with Crippen LogP contribution in [0, 0.1) is 0 Å². The van der Waals surface area contributed by atoms with E-state index in [4.69, 9.17) is 33.7 Å². The predicted octanol–water partition coefficient (Wildman–Crippen LogP) is 4.72. The van der Waals surface area contributed by atoms with Crippen molar-refractivity contribution in [2.45, 2.75) is 45.4 Å². The lowest BCUT2D eigenvalue weighted by atomic mass is 10.2. The maximum atomic E-state index is 13.4. The minimum Gasteiger partial charge on any atom is -0.480 e. The van der Waals surface area contributed by atoms with Crippen LogP contribution in [-0.4, -0.2) is 73.8 Å². The second-order valence-corrected chi connectivity index (χ2v) is 10.6. The lowest BCUT2D eigenvalue weighted by Crippen LogP contribution is -2.45. The Balaban J connectivity index is 1.84. The van der Waals surface area contributed by atoms with Gasteiger partial charge in [-0.2, -0.15) is 0 Å². The largest absolute Gasteiger partial charge is 0.508 e. The first-order chi connectivity index (χ1) is 20.6. The Morgan fingerprint density at radius 1 is 0.814 bits per heavy atom. The topological polar surface area (TPSA) is 186 Å². The molecule has 0 aliphatic rings. The van der Waals surface area contributed by atoms with Crippen LogP contribution in [0.1, 0.15) is 37.3 Å². The van der Waals surface area contributed by atoms with Gasteiger partial charge in [0, 0.05) is 19.9 Å². The molecular weight excluding hydrogens is 585 g/mol. The SMILES string of the molecule is CCC(C(=O)O)N(C)C(N)=NP(=O)(OCCCOC(=O)OCc1ccccc1)OCCCOC(=O)OCc1ccccc1. The van der Waals surface area contributed by atoms with E-state index in [1.54, 1.807) is 31.2 Å². The third-order valence-electron chi connectivity index (χ3n) is 5.65. The number of hydrogen-bond acceptors (Lipinski definition) is 10. The molecule has 0 fully saturated rings. The van der Waals surface area contributed by atoms with Gasteiger partial charge in [-0.15, -0.1) is 4.76 Å². The Morgan fingerprint density at radius 2 is 1.26 bits per heavy atom. The highest BCUT2D eigenvalue weighted by molar-refractivity contribution is 7.52. The van der Waals surface area contributed by atoms with Crippen molar-refractivity contribution < 1.29 is 52.1 Å². The number of benzene rings is 2. The molecule has 14 nitrogen and oxygen atoms in total. The molecule has 15 heteroatoms. The summed E-state index contributed by atoms with van der Waals surface area (Å²) >= 11 is 0. The molecule has 2 rings (SSSR count). The number of rotatable bonds is 18. The Labute approximate surface area is 250 Å². The Bertz CT molecular complexity index is 1150. The maximum Gasteiger partial charge on any atom is 0.508 e. The van der Waals surface area contributed by atoms with Gasteiger partial charge in [-0.1, -0.05) is 67.6 Å². The van der Waals surface area contributed by atoms with Crippen LogP contribution in [0.4, 0.5) is 9.59 Å². The second-order valence-electron chi connectivity index (χ2n) is 8.92. The van der Waals surface area contributed by atoms with Crippen molar-refractivity contribution in [3.63, 3.8) is 0 Å². The lowest BCUT2D eigenvalue weighted by Gasteiger charge is -2.25. The van der Waals surface area contributed by atoms with Gasteiger partial charge in [0.15, 0.2) is 0 Å². The fourth-order valence-electron chi connectivity index (χ4n) is 3.37. The summed E-state index contributed by atoms with van der Waals surface area (Å²) in [5.74, 6) is -1.52. The van der Waals surface area contributed by atoms with Gasteiger partial charge in [-0.3, -0.25) is 9.05 Å². The first-order valence-electron chi connectivity index (χ1n) is 13.5. The van der Waals surface area contributed by atoms with E-state index in [1.165, 1.54) is 7.05 Å². The third kappa shape index (κ3) is 14.1. The number of nitrogens with zero attached hydrogens (tertiary/aromatic N) is 2. The molecular formula is C28H38N3O11P. The van der Waals surface area contributed by atoms with Crippen LogP contribution in [0.25, 0.3) is 0 Å². The Kier molecular flexibility index (Phi) is 15.6. The fraction of sp³-hybridized carbons (Fsp3) is 0.429. The van der Waals surface area contributed by atoms with Gasteiger partial charge in [-0.05, 0) is 17.5 Å². The van der Waals surface area contributed by atoms with Gasteiger partial charge in [0.1, 0.15) is 19.3 Å². The van der Waals surface area contributed by atoms with Crippen LogP contribution in [0.3, 0.4) is 0 Å². The molecule has 43 heavy (non-hydrogen) atoms. The Morgan fingerprint density at radius 3 is 1.65 bits per heavy atom. The first-order valence-corrected chi connectivity index (χ1v) is 15.0. The van der Waals surface area contributed by atoms with Crippen molar-refractivity contribution >= 4 is 32.0 Å². The van der Waals surface area contributed by atoms with Crippen molar-refractivity contribution in [3.8, 4) is 0 Å². The highest BCUT2D eigenvalue weighted by Crippen LogP contribution is 2.50. The average Bonchev–Trinajstić information content (AvgIpc) is 2.99. The van der Waals surface area contributed by atoms with E-state index in [9.17, 15) is 24.1 Å². The van der Waals surface area contributed by atoms with Crippen LogP contribution < -0.4 is 5.73 Å². The summed E-state index contributed by atoms with van der Waals surface area (Å²) in [6.45, 7) is 1.11. The van der Waals surface area contributed by atoms with Crippen molar-refractivity contribution in [2.24, 2.45) is 10.5 Å². The number of carboxylic acid groups (broad SMARTS) is 1. The minimum absolute atomic E-state index is 0.0459. The van der Waals surface area contributed by atoms with E-state index in [0.717, 1.165) is 16.0 Å². The number of aliphatic carboxylic acids is 1. The van der Waals surface area contributed by atoms with E-state index in [-0.39, 0.29) is 64.9 Å². The molecule has 0 aromatic heterocycles. The molecule has 2 aromatic carbocycles. The van der Waals surface area contributed by atoms with Gasteiger partial charge in [0.2, 0.25) is 5.96 Å². The zero-order valence-corrected chi connectivity index (χ0v) is 25.1. The predicted molar refractivity (Wildman–Crippen MR) is 155 cm³/mol. The minimum atomic E-state index is -4.26. The van der Waals surface area contributed by atoms with Crippen molar-refractivity contribution in [2.75, 3.05) is 33.5 Å². The molecule has 0 saturated carbocycles. The number of hydrogen-bond donors (Lipinski definition) is 2. The van der Waals surface area contributed by atoms with Crippen molar-refractivity contribution in [3.05, 3.63) is 71.8 Å². The maximum absolute atomic E-state index is 13.4. The van der Waals surface area contributed by atoms with Gasteiger partial charge in [0.25, 0.3) is 0 Å². The van der Waals surface area contributed by atoms with E-state index >= 15 is 0 Å². The summed E-state index contributed by atoms with van der Waals surface area (Å²) in [6.07, 6.45) is -1.34. The summed E-state index contributed by atoms with van der Waals surface area (Å²) in [6, 6.07) is 17.1. The highest BCUT2D eigenvalue weighted by atomic mass is 31.2. The van der Waals surface area contributed by atoms with Crippen molar-refractivity contribution in [1.29, 1.82) is 0 Å². The number of carboxylic acids is 1. The van der Waals surface area contributed by atoms with Crippen LogP contribution >= 0.6 is 7.75 Å². The summed E-state index contributed by atoms with van der Waals surface area (Å²) in [7, 11) is -2.87. The number of ether oxygens (including phenoxy) is 4. The quantitative estimate of drug-likeness (QED) is 0.0764. The normalized spacial score (nSPS) is 12.2. The third-order valence-corrected chi connectivity index (χ3v) is 7.12. The number of likely N-dealkylation sites (N-methyl/N-ethyl adjacent to an activating group) is 1. The van der Waals surface area contributed by atoms with E-state index in [1.807, 2.05) is 36.4 Å². The first kappa shape index (κ1) is 35.1. The molecule has 1 atom stereocenters. The summed E-state index contributed by atoms with van der Waals surface area (Å²) in [5.41, 5.74) is 7.52. The van der Waals surface area contributed by atoms with Crippen molar-refractivity contribution in [1.82, 2.24) is 4.90 Å². The fourth-order valence-corrected chi connectivity index (χ4v) is 4.67. The summed E-state index contributed by atoms with van der Waals surface area (Å²) < 4.78 is 48.0. The van der Waals surface area contributed by atoms with E-state index in [2.05, 4.69) is 4.76 Å². The van der Waals surface area contributed by atoms with E-state index < -0.39 is 32.1 Å². The molecule has 0 amide bonds. The molecule has 0 radical (unpaired) electrons. The number of nitrogens with two attached hydrogens (primary N) is 1. The molecule has 0 aliphatic carbocycles. The summed E-state index contributed by atoms with van der Waals surface area (Å²) in [4.78, 5) is 36.3. The highest BCUT2D eigenvalue weighted by Gasteiger charge is 2.29. The summed E-state index contributed by atoms with van der Waals surface area (Å²) in [5, 5.41) is 9.40. The molecule has 3 N–H and O–H groups in total. The standard InChI is InChI=1S/C28H38N3O11P/c1-3-24(25(32)33)31(2)26(29)30-43(36,41-18-10-16-37-27(34)39-20-22-12-6-4-7-13-22)42-19-11-17-38-28(35)40-21-23-14-8-5-9-15-23/h4-9,12-15,24H,3,10-11,16-21H2,1-2H3,(H,32,33)(H2,29,30,36). The van der Waals surface area contributed by atoms with Crippen LogP contribution in [0.5, 0.6) is 0 Å². The lowest BCUT2D eigenvalue weighted by molar-refractivity contribution is -0.141. The van der Waals surface area contributed by atoms with Crippen LogP contribution in [-0.2, 0) is 50.6 Å². The van der Waals surface area contributed by atoms with Crippen LogP contribution in [0.2, 0.25) is 0 Å². The number of carbonyl (C=O) groups excluding carboxylic acids is 2. The van der Waals surface area contributed by atoms with Gasteiger partial charge >= 0.3 is 26.0 Å². The monoisotopic (exact) mass is 623 g/mol. The van der Waals surface area contributed by atoms with Gasteiger partial charge in [-0.25, -0.2) is 18.9 Å². The average molecular weight is 624 g/mol. The van der Waals surface area contributed by atoms with Crippen LogP contribution in [0.15, 0.2) is 65.4 Å². The number of carbonyl (C=O) groups is 3. The molecule has 0 saturated heterocycles. The molecule has 0 bridgehead atoms. The molecule has 2 aromatic rings. The number of guanidine groups is 1. The van der Waals surface area contributed by atoms with E-state index in [0.29, 0.717) is 0 Å². The molecule has 1 unspecified atom stereocenters. The zero-order chi connectivity index (χ0) is 31.5. The van der Waals surface area contributed by atoms with Gasteiger partial charge < -0.3 is 34.7 Å².